The third-order valence-electron chi connectivity index (χ3n) is 1.71. The molecule has 4 nitrogen and oxygen atoms in total. The van der Waals surface area contributed by atoms with Gasteiger partial charge in [-0.15, -0.1) is 0 Å². The van der Waals surface area contributed by atoms with Crippen LogP contribution in [0.25, 0.3) is 0 Å². The highest BCUT2D eigenvalue weighted by molar-refractivity contribution is 8.76. The Bertz CT molecular complexity index is 346. The first kappa shape index (κ1) is 14.1. The molecule has 92 valence electrons. The van der Waals surface area contributed by atoms with Crippen molar-refractivity contribution in [2.75, 3.05) is 12.3 Å². The van der Waals surface area contributed by atoms with Crippen LogP contribution in [0, 0.1) is 0 Å². The van der Waals surface area contributed by atoms with E-state index in [1.807, 2.05) is 18.2 Å². The summed E-state index contributed by atoms with van der Waals surface area (Å²) in [6.45, 7) is 4.10. The van der Waals surface area contributed by atoms with E-state index >= 15 is 0 Å². The van der Waals surface area contributed by atoms with Crippen LogP contribution in [0.3, 0.4) is 0 Å². The van der Waals surface area contributed by atoms with E-state index in [0.29, 0.717) is 0 Å². The second-order valence-electron chi connectivity index (χ2n) is 3.05. The fourth-order valence-electron chi connectivity index (χ4n) is 0.919. The maximum atomic E-state index is 10.8. The third-order valence-corrected chi connectivity index (χ3v) is 4.06. The van der Waals surface area contributed by atoms with Gasteiger partial charge < -0.3 is 0 Å². The van der Waals surface area contributed by atoms with Crippen molar-refractivity contribution in [3.63, 3.8) is 0 Å². The summed E-state index contributed by atoms with van der Waals surface area (Å²) in [5, 5.41) is 1.02. The predicted molar refractivity (Wildman–Crippen MR) is 73.5 cm³/mol. The molecule has 2 N–H and O–H groups in total. The zero-order chi connectivity index (χ0) is 12.3. The Hall–Kier alpha value is -0.980. The van der Waals surface area contributed by atoms with Gasteiger partial charge >= 0.3 is 0 Å². The molecular formula is C11H15N3OS2. The number of hydrogen-bond acceptors (Lipinski definition) is 5. The van der Waals surface area contributed by atoms with E-state index in [-0.39, 0.29) is 5.91 Å². The topological polar surface area (TPSA) is 54.0 Å². The smallest absolute Gasteiger partial charge is 0.257 e. The van der Waals surface area contributed by atoms with E-state index < -0.39 is 0 Å². The van der Waals surface area contributed by atoms with Crippen LogP contribution in [0.4, 0.5) is 0 Å². The predicted octanol–water partition coefficient (Wildman–Crippen LogP) is 2.02. The second-order valence-corrected chi connectivity index (χ2v) is 5.48. The Kier molecular flexibility index (Phi) is 7.53. The molecule has 0 saturated heterocycles. The van der Waals surface area contributed by atoms with Crippen molar-refractivity contribution in [1.82, 2.24) is 15.8 Å². The molecule has 0 saturated carbocycles. The van der Waals surface area contributed by atoms with Gasteiger partial charge in [-0.25, -0.2) is 10.4 Å². The monoisotopic (exact) mass is 269 g/mol. The molecule has 1 aromatic rings. The Morgan fingerprint density at radius 3 is 3.12 bits per heavy atom. The lowest BCUT2D eigenvalue weighted by Gasteiger charge is -2.04. The van der Waals surface area contributed by atoms with Crippen LogP contribution in [0.1, 0.15) is 6.42 Å². The molecular weight excluding hydrogens is 254 g/mol. The number of amides is 1. The molecule has 1 heterocycles. The number of nitrogens with zero attached hydrogens (tertiary/aromatic N) is 1. The van der Waals surface area contributed by atoms with Crippen molar-refractivity contribution in [3.8, 4) is 0 Å². The summed E-state index contributed by atoms with van der Waals surface area (Å²) >= 11 is 0. The molecule has 0 aliphatic carbocycles. The number of rotatable bonds is 8. The Balaban J connectivity index is 1.95. The van der Waals surface area contributed by atoms with Gasteiger partial charge in [-0.05, 0) is 35.4 Å². The quantitative estimate of drug-likeness (QED) is 0.327. The maximum Gasteiger partial charge on any atom is 0.257 e. The zero-order valence-corrected chi connectivity index (χ0v) is 11.0. The van der Waals surface area contributed by atoms with Crippen LogP contribution in [0.2, 0.25) is 0 Å². The van der Waals surface area contributed by atoms with Gasteiger partial charge in [-0.1, -0.05) is 23.4 Å². The van der Waals surface area contributed by atoms with Gasteiger partial charge in [0.2, 0.25) is 0 Å². The molecule has 0 aliphatic heterocycles. The largest absolute Gasteiger partial charge is 0.288 e. The molecule has 0 radical (unpaired) electrons. The van der Waals surface area contributed by atoms with Crippen LogP contribution < -0.4 is 10.9 Å². The lowest BCUT2D eigenvalue weighted by atomic mass is 10.5. The SMILES string of the molecule is C=CC(=O)NNCCCSSc1ccccn1. The maximum absolute atomic E-state index is 10.8. The second kappa shape index (κ2) is 9.09. The van der Waals surface area contributed by atoms with E-state index in [9.17, 15) is 4.79 Å². The summed E-state index contributed by atoms with van der Waals surface area (Å²) in [5.41, 5.74) is 5.33. The average molecular weight is 269 g/mol. The highest BCUT2D eigenvalue weighted by Gasteiger charge is 1.95. The number of hydrazine groups is 1. The first-order chi connectivity index (χ1) is 8.33. The number of hydrogen-bond donors (Lipinski definition) is 2. The first-order valence-corrected chi connectivity index (χ1v) is 7.50. The summed E-state index contributed by atoms with van der Waals surface area (Å²) in [6, 6.07) is 5.86. The van der Waals surface area contributed by atoms with Gasteiger partial charge in [0.25, 0.3) is 5.91 Å². The summed E-state index contributed by atoms with van der Waals surface area (Å²) in [7, 11) is 3.42. The molecule has 0 unspecified atom stereocenters. The Morgan fingerprint density at radius 1 is 1.53 bits per heavy atom. The van der Waals surface area contributed by atoms with E-state index in [2.05, 4.69) is 22.4 Å². The first-order valence-electron chi connectivity index (χ1n) is 5.18. The van der Waals surface area contributed by atoms with Gasteiger partial charge in [0.15, 0.2) is 0 Å². The third kappa shape index (κ3) is 7.04. The number of carbonyl (C=O) groups excluding carboxylic acids is 1. The minimum atomic E-state index is -0.208. The fourth-order valence-corrected chi connectivity index (χ4v) is 2.88. The van der Waals surface area contributed by atoms with Gasteiger partial charge in [-0.3, -0.25) is 10.2 Å². The Morgan fingerprint density at radius 2 is 2.41 bits per heavy atom. The average Bonchev–Trinajstić information content (AvgIpc) is 2.38. The van der Waals surface area contributed by atoms with Crippen LogP contribution in [-0.2, 0) is 4.79 Å². The van der Waals surface area contributed by atoms with Crippen LogP contribution in [0.5, 0.6) is 0 Å². The zero-order valence-electron chi connectivity index (χ0n) is 9.39. The summed E-state index contributed by atoms with van der Waals surface area (Å²) < 4.78 is 0. The summed E-state index contributed by atoms with van der Waals surface area (Å²) in [6.07, 6.45) is 4.00. The van der Waals surface area contributed by atoms with Crippen molar-refractivity contribution < 1.29 is 4.79 Å². The lowest BCUT2D eigenvalue weighted by Crippen LogP contribution is -2.36. The van der Waals surface area contributed by atoms with Gasteiger partial charge in [0, 0.05) is 18.5 Å². The summed E-state index contributed by atoms with van der Waals surface area (Å²) in [5.74, 6) is 0.790. The summed E-state index contributed by atoms with van der Waals surface area (Å²) in [4.78, 5) is 15.0. The number of aromatic nitrogens is 1. The highest BCUT2D eigenvalue weighted by atomic mass is 33.1. The molecule has 0 atom stereocenters. The van der Waals surface area contributed by atoms with E-state index in [0.717, 1.165) is 23.7 Å². The molecule has 0 bridgehead atoms. The lowest BCUT2D eigenvalue weighted by molar-refractivity contribution is -0.117. The van der Waals surface area contributed by atoms with Crippen molar-refractivity contribution in [2.45, 2.75) is 11.4 Å². The molecule has 17 heavy (non-hydrogen) atoms. The molecule has 0 fully saturated rings. The molecule has 0 aromatic carbocycles. The van der Waals surface area contributed by atoms with E-state index in [4.69, 9.17) is 0 Å². The van der Waals surface area contributed by atoms with E-state index in [1.54, 1.807) is 27.8 Å². The van der Waals surface area contributed by atoms with Crippen molar-refractivity contribution >= 4 is 27.5 Å². The molecule has 0 spiro atoms. The molecule has 1 amide bonds. The van der Waals surface area contributed by atoms with Crippen LogP contribution in [-0.4, -0.2) is 23.2 Å². The van der Waals surface area contributed by atoms with Crippen molar-refractivity contribution in [2.24, 2.45) is 0 Å². The van der Waals surface area contributed by atoms with Crippen LogP contribution in [0.15, 0.2) is 42.1 Å². The molecule has 1 rings (SSSR count). The van der Waals surface area contributed by atoms with Gasteiger partial charge in [0.05, 0.1) is 0 Å². The van der Waals surface area contributed by atoms with Crippen molar-refractivity contribution in [3.05, 3.63) is 37.1 Å². The highest BCUT2D eigenvalue weighted by Crippen LogP contribution is 2.28. The van der Waals surface area contributed by atoms with Crippen molar-refractivity contribution in [1.29, 1.82) is 0 Å². The minimum absolute atomic E-state index is 0.208. The number of nitrogens with one attached hydrogen (secondary N) is 2. The standard InChI is InChI=1S/C11H15N3OS2/c1-2-10(15)14-13-8-5-9-16-17-11-6-3-4-7-12-11/h2-4,6-7,13H,1,5,8-9H2,(H,14,15). The van der Waals surface area contributed by atoms with Gasteiger partial charge in [-0.2, -0.15) is 0 Å². The molecule has 1 aromatic heterocycles. The fraction of sp³-hybridized carbons (Fsp3) is 0.273. The number of pyridine rings is 1. The van der Waals surface area contributed by atoms with E-state index in [1.165, 1.54) is 6.08 Å². The Labute approximate surface area is 109 Å². The van der Waals surface area contributed by atoms with Crippen LogP contribution >= 0.6 is 21.6 Å². The molecule has 6 heteroatoms. The minimum Gasteiger partial charge on any atom is -0.288 e. The number of carbonyl (C=O) groups is 1. The normalized spacial score (nSPS) is 9.88. The van der Waals surface area contributed by atoms with Gasteiger partial charge in [0.1, 0.15) is 5.03 Å². The molecule has 0 aliphatic rings.